The number of benzene rings is 1. The van der Waals surface area contributed by atoms with Crippen LogP contribution in [0, 0.1) is 5.41 Å². The molecular weight excluding hydrogens is 670 g/mol. The summed E-state index contributed by atoms with van der Waals surface area (Å²) in [5, 5.41) is 14.0. The van der Waals surface area contributed by atoms with Gasteiger partial charge >= 0.3 is 0 Å². The van der Waals surface area contributed by atoms with Gasteiger partial charge in [-0.1, -0.05) is 45.0 Å². The zero-order chi connectivity index (χ0) is 37.7. The number of fused-ring (bicyclic) bond motifs is 3. The summed E-state index contributed by atoms with van der Waals surface area (Å²) >= 11 is 0. The molecule has 282 valence electrons. The molecule has 0 aliphatic carbocycles. The van der Waals surface area contributed by atoms with Crippen molar-refractivity contribution in [2.24, 2.45) is 11.1 Å². The van der Waals surface area contributed by atoms with Gasteiger partial charge in [0.15, 0.2) is 0 Å². The fourth-order valence-electron chi connectivity index (χ4n) is 6.13. The molecule has 0 radical (unpaired) electrons. The second kappa shape index (κ2) is 19.0. The predicted molar refractivity (Wildman–Crippen MR) is 191 cm³/mol. The zero-order valence-electron chi connectivity index (χ0n) is 30.1. The Morgan fingerprint density at radius 1 is 0.962 bits per heavy atom. The van der Waals surface area contributed by atoms with E-state index in [0.717, 1.165) is 17.7 Å². The van der Waals surface area contributed by atoms with Gasteiger partial charge in [0.25, 0.3) is 0 Å². The van der Waals surface area contributed by atoms with Gasteiger partial charge in [-0.05, 0) is 47.9 Å². The number of furan rings is 1. The summed E-state index contributed by atoms with van der Waals surface area (Å²) in [4.78, 5) is 82.5. The fraction of sp³-hybridized carbons (Fsp3) is 0.514. The molecule has 2 aliphatic heterocycles. The van der Waals surface area contributed by atoms with Crippen molar-refractivity contribution in [3.05, 3.63) is 71.7 Å². The van der Waals surface area contributed by atoms with Crippen LogP contribution < -0.4 is 32.3 Å². The Bertz CT molecular complexity index is 1590. The average molecular weight is 722 g/mol. The van der Waals surface area contributed by atoms with Crippen molar-refractivity contribution in [1.29, 1.82) is 0 Å². The number of carbonyl (C=O) groups is 6. The quantitative estimate of drug-likeness (QED) is 0.195. The minimum atomic E-state index is -1.17. The Balaban J connectivity index is 1.68. The number of carbonyl (C=O) groups excluding carboxylic acids is 6. The maximum Gasteiger partial charge on any atom is 0.247 e. The van der Waals surface area contributed by atoms with Gasteiger partial charge in [-0.25, -0.2) is 0 Å². The fourth-order valence-corrected chi connectivity index (χ4v) is 6.13. The number of ether oxygens (including phenoxy) is 1. The SMILES string of the molecule is CC(C)(C)C[C@@H]1NC(=O)[C@H](Cc2ccco2)NC(=O)[C@H]2CCCN2C(=O)/C=C\C(=O)NCc2cccc(c2)C[C@@H](C(=O)NCCOCCN)NC1=O. The molecule has 15 heteroatoms. The molecule has 2 aromatic rings. The monoisotopic (exact) mass is 721 g/mol. The van der Waals surface area contributed by atoms with E-state index in [4.69, 9.17) is 14.9 Å². The van der Waals surface area contributed by atoms with Crippen molar-refractivity contribution in [3.8, 4) is 0 Å². The molecule has 0 spiro atoms. The van der Waals surface area contributed by atoms with Crippen molar-refractivity contribution < 1.29 is 37.9 Å². The van der Waals surface area contributed by atoms with E-state index in [0.29, 0.717) is 43.9 Å². The molecule has 4 atom stereocenters. The second-order valence-electron chi connectivity index (χ2n) is 14.2. The van der Waals surface area contributed by atoms with Crippen LogP contribution in [0.2, 0.25) is 0 Å². The lowest BCUT2D eigenvalue weighted by Gasteiger charge is -2.30. The van der Waals surface area contributed by atoms with Gasteiger partial charge in [0.05, 0.1) is 19.5 Å². The molecule has 1 fully saturated rings. The topological polar surface area (TPSA) is 214 Å². The Hall–Kier alpha value is -5.02. The van der Waals surface area contributed by atoms with Gasteiger partial charge in [-0.3, -0.25) is 28.8 Å². The average Bonchev–Trinajstić information content (AvgIpc) is 3.81. The number of hydrogen-bond acceptors (Lipinski definition) is 9. The molecular formula is C37H51N7O8. The highest BCUT2D eigenvalue weighted by Gasteiger charge is 2.37. The molecule has 7 N–H and O–H groups in total. The molecule has 6 amide bonds. The molecule has 3 heterocycles. The van der Waals surface area contributed by atoms with E-state index in [9.17, 15) is 28.8 Å². The number of nitrogens with zero attached hydrogens (tertiary/aromatic N) is 1. The summed E-state index contributed by atoms with van der Waals surface area (Å²) in [6, 6.07) is 6.35. The Morgan fingerprint density at radius 2 is 1.71 bits per heavy atom. The minimum absolute atomic E-state index is 0.0250. The summed E-state index contributed by atoms with van der Waals surface area (Å²) in [5.74, 6) is -2.83. The van der Waals surface area contributed by atoms with Gasteiger partial charge in [0.1, 0.15) is 29.9 Å². The summed E-state index contributed by atoms with van der Waals surface area (Å²) in [6.45, 7) is 7.28. The van der Waals surface area contributed by atoms with Crippen molar-refractivity contribution >= 4 is 35.4 Å². The molecule has 0 unspecified atom stereocenters. The van der Waals surface area contributed by atoms with Gasteiger partial charge in [-0.15, -0.1) is 0 Å². The Kier molecular flexibility index (Phi) is 14.5. The molecule has 2 aliphatic rings. The van der Waals surface area contributed by atoms with Crippen molar-refractivity contribution in [2.45, 2.75) is 83.6 Å². The molecule has 0 saturated carbocycles. The van der Waals surface area contributed by atoms with Crippen LogP contribution in [-0.2, 0) is 52.9 Å². The molecule has 15 nitrogen and oxygen atoms in total. The number of rotatable bonds is 9. The van der Waals surface area contributed by atoms with E-state index >= 15 is 0 Å². The van der Waals surface area contributed by atoms with E-state index < -0.39 is 65.0 Å². The van der Waals surface area contributed by atoms with Crippen LogP contribution in [0.3, 0.4) is 0 Å². The van der Waals surface area contributed by atoms with Crippen LogP contribution in [0.5, 0.6) is 0 Å². The second-order valence-corrected chi connectivity index (χ2v) is 14.2. The highest BCUT2D eigenvalue weighted by molar-refractivity contribution is 6.00. The zero-order valence-corrected chi connectivity index (χ0v) is 30.1. The van der Waals surface area contributed by atoms with Crippen molar-refractivity contribution in [3.63, 3.8) is 0 Å². The van der Waals surface area contributed by atoms with Crippen LogP contribution >= 0.6 is 0 Å². The smallest absolute Gasteiger partial charge is 0.247 e. The third-order valence-corrected chi connectivity index (χ3v) is 8.62. The number of amides is 6. The normalized spacial score (nSPS) is 23.0. The van der Waals surface area contributed by atoms with Crippen LogP contribution in [0.15, 0.2) is 59.2 Å². The van der Waals surface area contributed by atoms with E-state index in [1.165, 1.54) is 11.2 Å². The Morgan fingerprint density at radius 3 is 2.44 bits per heavy atom. The van der Waals surface area contributed by atoms with Crippen molar-refractivity contribution in [2.75, 3.05) is 32.8 Å². The van der Waals surface area contributed by atoms with E-state index in [1.807, 2.05) is 26.8 Å². The van der Waals surface area contributed by atoms with Crippen LogP contribution in [0.1, 0.15) is 56.9 Å². The lowest BCUT2D eigenvalue weighted by Crippen LogP contribution is -2.59. The predicted octanol–water partition coefficient (Wildman–Crippen LogP) is 0.224. The molecule has 4 rings (SSSR count). The lowest BCUT2D eigenvalue weighted by molar-refractivity contribution is -0.137. The lowest BCUT2D eigenvalue weighted by atomic mass is 9.87. The van der Waals surface area contributed by atoms with Gasteiger partial charge in [-0.2, -0.15) is 0 Å². The number of nitrogens with two attached hydrogens (primary N) is 1. The first-order valence-corrected chi connectivity index (χ1v) is 17.7. The molecule has 2 bridgehead atoms. The molecule has 1 saturated heterocycles. The van der Waals surface area contributed by atoms with Gasteiger partial charge in [0.2, 0.25) is 35.4 Å². The van der Waals surface area contributed by atoms with Gasteiger partial charge < -0.3 is 46.4 Å². The highest BCUT2D eigenvalue weighted by atomic mass is 16.5. The van der Waals surface area contributed by atoms with Crippen molar-refractivity contribution in [1.82, 2.24) is 31.5 Å². The number of hydrogen-bond donors (Lipinski definition) is 6. The largest absolute Gasteiger partial charge is 0.469 e. The van der Waals surface area contributed by atoms with Gasteiger partial charge in [0, 0.05) is 51.2 Å². The van der Waals surface area contributed by atoms with E-state index in [-0.39, 0.29) is 39.0 Å². The number of nitrogens with one attached hydrogen (secondary N) is 5. The van der Waals surface area contributed by atoms with Crippen LogP contribution in [0.4, 0.5) is 0 Å². The van der Waals surface area contributed by atoms with Crippen LogP contribution in [0.25, 0.3) is 0 Å². The summed E-state index contributed by atoms with van der Waals surface area (Å²) in [6.07, 6.45) is 4.90. The summed E-state index contributed by atoms with van der Waals surface area (Å²) < 4.78 is 10.9. The molecule has 1 aromatic heterocycles. The maximum absolute atomic E-state index is 14.1. The standard InChI is InChI=1S/C37H51N7O8/c1-37(2,3)22-29-35(49)41-27(33(47)39-14-18-51-17-13-38)20-24-7-4-8-25(19-24)23-40-31(45)11-12-32(46)44-15-5-10-30(44)36(50)42-28(34(48)43-29)21-26-9-6-16-52-26/h4,6-9,11-12,16,19,27-30H,5,10,13-15,17-18,20-23,38H2,1-3H3,(H,39,47)(H,40,45)(H,41,49)(H,42,50)(H,43,48)/b12-11-/t27-,28-,29-,30+/m0/s1. The minimum Gasteiger partial charge on any atom is -0.469 e. The first-order chi connectivity index (χ1) is 24.8. The maximum atomic E-state index is 14.1. The summed E-state index contributed by atoms with van der Waals surface area (Å²) in [7, 11) is 0. The third-order valence-electron chi connectivity index (χ3n) is 8.62. The van der Waals surface area contributed by atoms with E-state index in [2.05, 4.69) is 26.6 Å². The first-order valence-electron chi connectivity index (χ1n) is 17.7. The molecule has 1 aromatic carbocycles. The highest BCUT2D eigenvalue weighted by Crippen LogP contribution is 2.22. The Labute approximate surface area is 303 Å². The first kappa shape index (κ1) is 39.8. The van der Waals surface area contributed by atoms with E-state index in [1.54, 1.807) is 30.3 Å². The summed E-state index contributed by atoms with van der Waals surface area (Å²) in [5.41, 5.74) is 6.49. The third kappa shape index (κ3) is 12.3. The van der Waals surface area contributed by atoms with Crippen LogP contribution in [-0.4, -0.2) is 97.4 Å². The molecule has 52 heavy (non-hydrogen) atoms.